The number of rotatable bonds is 7. The third-order valence-electron chi connectivity index (χ3n) is 4.47. The minimum absolute atomic E-state index is 0.0829. The first-order chi connectivity index (χ1) is 13.2. The quantitative estimate of drug-likeness (QED) is 0.623. The van der Waals surface area contributed by atoms with Crippen LogP contribution in [0.3, 0.4) is 0 Å². The summed E-state index contributed by atoms with van der Waals surface area (Å²) in [5.41, 5.74) is -0.112. The average molecular weight is 389 g/mol. The lowest BCUT2D eigenvalue weighted by Gasteiger charge is -2.18. The van der Waals surface area contributed by atoms with Crippen molar-refractivity contribution in [1.29, 1.82) is 0 Å². The van der Waals surface area contributed by atoms with Crippen LogP contribution in [-0.2, 0) is 11.2 Å². The van der Waals surface area contributed by atoms with Gasteiger partial charge in [-0.2, -0.15) is 0 Å². The molecule has 0 radical (unpaired) electrons. The molecular weight excluding hydrogens is 366 g/mol. The van der Waals surface area contributed by atoms with Gasteiger partial charge in [0.15, 0.2) is 16.9 Å². The van der Waals surface area contributed by atoms with Crippen LogP contribution in [0, 0.1) is 0 Å². The Morgan fingerprint density at radius 3 is 2.71 bits per heavy atom. The molecule has 28 heavy (non-hydrogen) atoms. The first kappa shape index (κ1) is 19.8. The molecule has 8 heteroatoms. The molecule has 2 aromatic rings. The van der Waals surface area contributed by atoms with Crippen molar-refractivity contribution in [2.75, 3.05) is 20.3 Å². The molecule has 0 amide bonds. The summed E-state index contributed by atoms with van der Waals surface area (Å²) >= 11 is 0. The fourth-order valence-corrected chi connectivity index (χ4v) is 3.27. The number of hydrogen-bond donors (Lipinski definition) is 3. The van der Waals surface area contributed by atoms with Crippen molar-refractivity contribution in [2.24, 2.45) is 0 Å². The van der Waals surface area contributed by atoms with E-state index in [1.54, 1.807) is 7.11 Å². The molecule has 3 N–H and O–H groups in total. The van der Waals surface area contributed by atoms with Gasteiger partial charge in [0.1, 0.15) is 16.9 Å². The van der Waals surface area contributed by atoms with Gasteiger partial charge in [-0.15, -0.1) is 0 Å². The summed E-state index contributed by atoms with van der Waals surface area (Å²) in [7, 11) is 1.61. The first-order valence-corrected chi connectivity index (χ1v) is 8.89. The van der Waals surface area contributed by atoms with Gasteiger partial charge in [-0.05, 0) is 13.8 Å². The number of carboxylic acids is 1. The number of aromatic carboxylic acids is 1. The summed E-state index contributed by atoms with van der Waals surface area (Å²) in [5.74, 6) is -0.465. The fourth-order valence-electron chi connectivity index (χ4n) is 3.27. The highest BCUT2D eigenvalue weighted by Gasteiger charge is 2.36. The number of hydrogen-bond acceptors (Lipinski definition) is 6. The number of fused-ring (bicyclic) bond motifs is 1. The predicted molar refractivity (Wildman–Crippen MR) is 102 cm³/mol. The van der Waals surface area contributed by atoms with E-state index in [0.29, 0.717) is 54.4 Å². The molecule has 1 aromatic heterocycles. The molecule has 150 valence electrons. The molecule has 0 fully saturated rings. The SMILES string of the molecule is COCCCOc1cc(O)c(-c2cc(=O)c(C(=O)O)c[nH]2)c2c1OC(C)(C)C2. The van der Waals surface area contributed by atoms with Crippen molar-refractivity contribution in [3.8, 4) is 28.5 Å². The second-order valence-corrected chi connectivity index (χ2v) is 7.24. The Morgan fingerprint density at radius 2 is 2.07 bits per heavy atom. The van der Waals surface area contributed by atoms with Crippen molar-refractivity contribution in [3.63, 3.8) is 0 Å². The van der Waals surface area contributed by atoms with E-state index < -0.39 is 17.0 Å². The highest BCUT2D eigenvalue weighted by atomic mass is 16.5. The number of aromatic hydroxyl groups is 1. The number of phenols is 1. The monoisotopic (exact) mass is 389 g/mol. The van der Waals surface area contributed by atoms with Crippen LogP contribution >= 0.6 is 0 Å². The molecule has 2 heterocycles. The molecule has 1 aliphatic rings. The minimum Gasteiger partial charge on any atom is -0.507 e. The molecule has 0 unspecified atom stereocenters. The van der Waals surface area contributed by atoms with E-state index in [0.717, 1.165) is 6.20 Å². The van der Waals surface area contributed by atoms with Gasteiger partial charge in [0.05, 0.1) is 12.3 Å². The van der Waals surface area contributed by atoms with Crippen LogP contribution in [0.2, 0.25) is 0 Å². The maximum absolute atomic E-state index is 12.1. The van der Waals surface area contributed by atoms with Crippen LogP contribution in [0.1, 0.15) is 36.2 Å². The normalized spacial score (nSPS) is 14.4. The van der Waals surface area contributed by atoms with E-state index in [9.17, 15) is 14.7 Å². The van der Waals surface area contributed by atoms with Crippen LogP contribution in [0.25, 0.3) is 11.3 Å². The largest absolute Gasteiger partial charge is 0.507 e. The van der Waals surface area contributed by atoms with E-state index >= 15 is 0 Å². The van der Waals surface area contributed by atoms with E-state index in [1.807, 2.05) is 13.8 Å². The molecule has 1 aliphatic heterocycles. The Kier molecular flexibility index (Phi) is 5.33. The number of H-pyrrole nitrogens is 1. The zero-order chi connectivity index (χ0) is 20.5. The average Bonchev–Trinajstić information content (AvgIpc) is 2.93. The number of carbonyl (C=O) groups is 1. The summed E-state index contributed by atoms with van der Waals surface area (Å²) in [6.45, 7) is 4.78. The summed E-state index contributed by atoms with van der Waals surface area (Å²) in [6.07, 6.45) is 2.30. The van der Waals surface area contributed by atoms with Gasteiger partial charge in [-0.1, -0.05) is 0 Å². The van der Waals surface area contributed by atoms with Gasteiger partial charge in [0.25, 0.3) is 0 Å². The smallest absolute Gasteiger partial charge is 0.341 e. The summed E-state index contributed by atoms with van der Waals surface area (Å²) in [6, 6.07) is 2.62. The van der Waals surface area contributed by atoms with Crippen LogP contribution in [-0.4, -0.2) is 47.1 Å². The number of carboxylic acid groups (broad SMARTS) is 1. The Labute approximate surface area is 161 Å². The minimum atomic E-state index is -1.31. The molecule has 0 atom stereocenters. The van der Waals surface area contributed by atoms with Gasteiger partial charge in [0, 0.05) is 56.0 Å². The van der Waals surface area contributed by atoms with Gasteiger partial charge in [0.2, 0.25) is 0 Å². The van der Waals surface area contributed by atoms with Gasteiger partial charge < -0.3 is 29.4 Å². The molecule has 1 aromatic carbocycles. The maximum Gasteiger partial charge on any atom is 0.341 e. The molecule has 0 bridgehead atoms. The van der Waals surface area contributed by atoms with Crippen molar-refractivity contribution < 1.29 is 29.2 Å². The van der Waals surface area contributed by atoms with Crippen molar-refractivity contribution in [1.82, 2.24) is 4.98 Å². The van der Waals surface area contributed by atoms with E-state index in [-0.39, 0.29) is 11.3 Å². The highest BCUT2D eigenvalue weighted by Crippen LogP contribution is 2.50. The number of pyridine rings is 1. The third kappa shape index (κ3) is 3.82. The van der Waals surface area contributed by atoms with Crippen LogP contribution in [0.4, 0.5) is 0 Å². The van der Waals surface area contributed by atoms with Crippen molar-refractivity contribution in [3.05, 3.63) is 39.7 Å². The molecule has 0 saturated carbocycles. The zero-order valence-electron chi connectivity index (χ0n) is 16.0. The Hall–Kier alpha value is -3.00. The van der Waals surface area contributed by atoms with E-state index in [1.165, 1.54) is 12.1 Å². The molecular formula is C20H23NO7. The zero-order valence-corrected chi connectivity index (χ0v) is 16.0. The number of aromatic amines is 1. The number of nitrogens with one attached hydrogen (secondary N) is 1. The summed E-state index contributed by atoms with van der Waals surface area (Å²) in [4.78, 5) is 26.0. The standard InChI is InChI=1S/C20H23NO7/c1-20(2)9-11-17(13-7-14(22)12(10-21-13)19(24)25)15(23)8-16(18(11)28-20)27-6-4-5-26-3/h7-8,10,23H,4-6,9H2,1-3H3,(H,21,22)(H,24,25). The molecule has 0 aliphatic carbocycles. The fraction of sp³-hybridized carbons (Fsp3) is 0.400. The molecule has 3 rings (SSSR count). The van der Waals surface area contributed by atoms with E-state index in [4.69, 9.17) is 19.3 Å². The molecule has 0 saturated heterocycles. The van der Waals surface area contributed by atoms with Gasteiger partial charge >= 0.3 is 5.97 Å². The van der Waals surface area contributed by atoms with Gasteiger partial charge in [-0.25, -0.2) is 4.79 Å². The van der Waals surface area contributed by atoms with Crippen molar-refractivity contribution in [2.45, 2.75) is 32.3 Å². The van der Waals surface area contributed by atoms with E-state index in [2.05, 4.69) is 4.98 Å². The Morgan fingerprint density at radius 1 is 1.32 bits per heavy atom. The molecule has 0 spiro atoms. The van der Waals surface area contributed by atoms with Crippen LogP contribution in [0.15, 0.2) is 23.1 Å². The number of ether oxygens (including phenoxy) is 3. The third-order valence-corrected chi connectivity index (χ3v) is 4.47. The Balaban J connectivity index is 2.06. The highest BCUT2D eigenvalue weighted by molar-refractivity contribution is 5.88. The second-order valence-electron chi connectivity index (χ2n) is 7.24. The number of aromatic nitrogens is 1. The van der Waals surface area contributed by atoms with Gasteiger partial charge in [-0.3, -0.25) is 4.79 Å². The molecule has 8 nitrogen and oxygen atoms in total. The number of phenolic OH excluding ortho intramolecular Hbond substituents is 1. The number of benzene rings is 1. The summed E-state index contributed by atoms with van der Waals surface area (Å²) < 4.78 is 16.8. The topological polar surface area (TPSA) is 118 Å². The predicted octanol–water partition coefficient (Wildman–Crippen LogP) is 2.57. The Bertz CT molecular complexity index is 962. The number of methoxy groups -OCH3 is 1. The second kappa shape index (κ2) is 7.55. The lowest BCUT2D eigenvalue weighted by Crippen LogP contribution is -2.24. The summed E-state index contributed by atoms with van der Waals surface area (Å²) in [5, 5.41) is 19.7. The lowest BCUT2D eigenvalue weighted by molar-refractivity contribution is 0.0695. The van der Waals surface area contributed by atoms with Crippen LogP contribution in [0.5, 0.6) is 17.2 Å². The maximum atomic E-state index is 12.1. The lowest BCUT2D eigenvalue weighted by atomic mass is 9.94. The first-order valence-electron chi connectivity index (χ1n) is 8.89. The van der Waals surface area contributed by atoms with Crippen LogP contribution < -0.4 is 14.9 Å². The van der Waals surface area contributed by atoms with Crippen molar-refractivity contribution >= 4 is 5.97 Å².